The Balaban J connectivity index is 1.32. The highest BCUT2D eigenvalue weighted by atomic mass is 16.5. The summed E-state index contributed by atoms with van der Waals surface area (Å²) in [4.78, 5) is 32.6. The number of carbonyl (C=O) groups excluding carboxylic acids is 1. The molecule has 13 nitrogen and oxygen atoms in total. The zero-order chi connectivity index (χ0) is 28.6. The molecule has 4 aromatic rings. The average Bonchev–Trinajstić information content (AvgIpc) is 3.44. The third-order valence-electron chi connectivity index (χ3n) is 6.50. The molecule has 1 saturated heterocycles. The number of hydrogen-bond acceptors (Lipinski definition) is 12. The molecule has 214 valence electrons. The van der Waals surface area contributed by atoms with Crippen LogP contribution in [0.15, 0.2) is 49.2 Å². The van der Waals surface area contributed by atoms with Crippen molar-refractivity contribution in [1.29, 1.82) is 0 Å². The molecule has 0 amide bonds. The number of carbonyl (C=O) groups is 1. The van der Waals surface area contributed by atoms with Crippen molar-refractivity contribution in [3.63, 3.8) is 0 Å². The summed E-state index contributed by atoms with van der Waals surface area (Å²) < 4.78 is 18.5. The van der Waals surface area contributed by atoms with Crippen LogP contribution in [0.2, 0.25) is 0 Å². The number of para-hydroxylation sites is 1. The first-order chi connectivity index (χ1) is 20.0. The highest BCUT2D eigenvalue weighted by Gasteiger charge is 2.18. The second-order valence-electron chi connectivity index (χ2n) is 9.31. The molecule has 0 radical (unpaired) electrons. The van der Waals surface area contributed by atoms with Crippen molar-refractivity contribution < 1.29 is 19.0 Å². The summed E-state index contributed by atoms with van der Waals surface area (Å²) in [7, 11) is 3.39. The monoisotopic (exact) mass is 559 g/mol. The number of ether oxygens (including phenoxy) is 3. The van der Waals surface area contributed by atoms with Crippen LogP contribution in [0, 0.1) is 0 Å². The van der Waals surface area contributed by atoms with E-state index in [9.17, 15) is 4.79 Å². The van der Waals surface area contributed by atoms with Crippen LogP contribution in [0.4, 0.5) is 23.0 Å². The fourth-order valence-corrected chi connectivity index (χ4v) is 4.37. The zero-order valence-corrected chi connectivity index (χ0v) is 23.3. The van der Waals surface area contributed by atoms with Crippen LogP contribution in [-0.2, 0) is 11.8 Å². The van der Waals surface area contributed by atoms with Crippen molar-refractivity contribution in [2.24, 2.45) is 7.05 Å². The van der Waals surface area contributed by atoms with Gasteiger partial charge in [-0.2, -0.15) is 5.10 Å². The van der Waals surface area contributed by atoms with Crippen LogP contribution in [0.3, 0.4) is 0 Å². The third-order valence-corrected chi connectivity index (χ3v) is 6.50. The van der Waals surface area contributed by atoms with Gasteiger partial charge in [-0.05, 0) is 12.1 Å². The van der Waals surface area contributed by atoms with Gasteiger partial charge in [-0.1, -0.05) is 13.0 Å². The Labute approximate surface area is 237 Å². The van der Waals surface area contributed by atoms with Crippen molar-refractivity contribution >= 4 is 28.8 Å². The van der Waals surface area contributed by atoms with E-state index < -0.39 is 0 Å². The van der Waals surface area contributed by atoms with Gasteiger partial charge in [-0.3, -0.25) is 14.4 Å². The largest absolute Gasteiger partial charge is 0.494 e. The van der Waals surface area contributed by atoms with Gasteiger partial charge in [0.25, 0.3) is 0 Å². The molecule has 1 aliphatic heterocycles. The lowest BCUT2D eigenvalue weighted by atomic mass is 10.1. The summed E-state index contributed by atoms with van der Waals surface area (Å²) >= 11 is 0. The number of anilines is 4. The van der Waals surface area contributed by atoms with Gasteiger partial charge < -0.3 is 24.8 Å². The summed E-state index contributed by atoms with van der Waals surface area (Å²) in [5.41, 5.74) is 2.39. The van der Waals surface area contributed by atoms with E-state index in [1.807, 2.05) is 25.1 Å². The normalized spacial score (nSPS) is 13.5. The number of rotatable bonds is 12. The van der Waals surface area contributed by atoms with Crippen molar-refractivity contribution in [2.75, 3.05) is 57.2 Å². The number of methoxy groups -OCH3 is 1. The van der Waals surface area contributed by atoms with Gasteiger partial charge >= 0.3 is 0 Å². The molecule has 1 aliphatic rings. The number of nitrogens with one attached hydrogen (secondary N) is 2. The van der Waals surface area contributed by atoms with Gasteiger partial charge in [0.05, 0.1) is 55.2 Å². The molecule has 0 saturated carbocycles. The quantitative estimate of drug-likeness (QED) is 0.246. The second-order valence-corrected chi connectivity index (χ2v) is 9.31. The van der Waals surface area contributed by atoms with Crippen molar-refractivity contribution in [2.45, 2.75) is 13.3 Å². The maximum absolute atomic E-state index is 12.8. The number of aryl methyl sites for hydroxylation is 1. The molecule has 0 bridgehead atoms. The van der Waals surface area contributed by atoms with Gasteiger partial charge in [-0.15, -0.1) is 0 Å². The van der Waals surface area contributed by atoms with E-state index in [1.54, 1.807) is 49.8 Å². The molecule has 0 spiro atoms. The van der Waals surface area contributed by atoms with Crippen LogP contribution in [0.5, 0.6) is 11.6 Å². The fraction of sp³-hybridized carbons (Fsp3) is 0.357. The predicted molar refractivity (Wildman–Crippen MR) is 153 cm³/mol. The van der Waals surface area contributed by atoms with Crippen LogP contribution in [0.1, 0.15) is 23.7 Å². The molecular formula is C28H33N9O4. The lowest BCUT2D eigenvalue weighted by molar-refractivity contribution is 0.0320. The summed E-state index contributed by atoms with van der Waals surface area (Å²) in [6.07, 6.45) is 6.65. The molecule has 3 aromatic heterocycles. The first-order valence-corrected chi connectivity index (χ1v) is 13.4. The molecule has 2 N–H and O–H groups in total. The molecular weight excluding hydrogens is 526 g/mol. The Morgan fingerprint density at radius 2 is 1.85 bits per heavy atom. The molecule has 0 unspecified atom stereocenters. The maximum atomic E-state index is 12.8. The van der Waals surface area contributed by atoms with Gasteiger partial charge in [0.1, 0.15) is 24.6 Å². The lowest BCUT2D eigenvalue weighted by Crippen LogP contribution is -2.38. The molecule has 1 aromatic carbocycles. The zero-order valence-electron chi connectivity index (χ0n) is 23.3. The number of nitrogens with zero attached hydrogens (tertiary/aromatic N) is 7. The predicted octanol–water partition coefficient (Wildman–Crippen LogP) is 3.47. The molecule has 0 aliphatic carbocycles. The summed E-state index contributed by atoms with van der Waals surface area (Å²) in [6, 6.07) is 7.37. The van der Waals surface area contributed by atoms with E-state index in [-0.39, 0.29) is 5.78 Å². The van der Waals surface area contributed by atoms with Crippen LogP contribution in [0.25, 0.3) is 11.4 Å². The minimum Gasteiger partial charge on any atom is -0.494 e. The standard InChI is InChI=1S/C28H33N9O4/c1-4-23(38)20-15-29-24(34-25-16-31-26(17-30-25)41-13-10-37-8-11-40-12-9-37)14-22(20)33-21-7-5-6-19(27(21)39-3)28-32-18-36(2)35-28/h5-7,14-18H,4,8-13H2,1-3H3,(H2,29,30,33,34). The Kier molecular flexibility index (Phi) is 8.96. The van der Waals surface area contributed by atoms with E-state index in [4.69, 9.17) is 14.2 Å². The molecule has 0 atom stereocenters. The topological polar surface area (TPSA) is 141 Å². The van der Waals surface area contributed by atoms with Gasteiger partial charge in [0.2, 0.25) is 5.88 Å². The maximum Gasteiger partial charge on any atom is 0.232 e. The SMILES string of the molecule is CCC(=O)c1cnc(Nc2cnc(OCCN3CCOCC3)cn2)cc1Nc1cccc(-c2ncn(C)n2)c1OC. The Morgan fingerprint density at radius 3 is 2.56 bits per heavy atom. The third kappa shape index (κ3) is 6.94. The van der Waals surface area contributed by atoms with Crippen LogP contribution >= 0.6 is 0 Å². The van der Waals surface area contributed by atoms with Gasteiger partial charge in [0.15, 0.2) is 17.4 Å². The average molecular weight is 560 g/mol. The lowest BCUT2D eigenvalue weighted by Gasteiger charge is -2.26. The van der Waals surface area contributed by atoms with E-state index in [1.165, 1.54) is 0 Å². The highest BCUT2D eigenvalue weighted by molar-refractivity contribution is 6.02. The first kappa shape index (κ1) is 27.9. The van der Waals surface area contributed by atoms with Crippen molar-refractivity contribution in [1.82, 2.24) is 34.6 Å². The van der Waals surface area contributed by atoms with Crippen molar-refractivity contribution in [3.8, 4) is 23.0 Å². The number of morpholine rings is 1. The summed E-state index contributed by atoms with van der Waals surface area (Å²) in [6.45, 7) is 6.45. The molecule has 5 rings (SSSR count). The number of pyridine rings is 1. The number of Topliss-reactive ketones (excluding diaryl/α,β-unsaturated/α-hetero) is 1. The number of benzene rings is 1. The first-order valence-electron chi connectivity index (χ1n) is 13.4. The highest BCUT2D eigenvalue weighted by Crippen LogP contribution is 2.37. The smallest absolute Gasteiger partial charge is 0.232 e. The fourth-order valence-electron chi connectivity index (χ4n) is 4.37. The summed E-state index contributed by atoms with van der Waals surface area (Å²) in [5.74, 6) is 2.44. The van der Waals surface area contributed by atoms with E-state index in [0.29, 0.717) is 59.1 Å². The van der Waals surface area contributed by atoms with Gasteiger partial charge in [0, 0.05) is 45.4 Å². The van der Waals surface area contributed by atoms with Crippen LogP contribution < -0.4 is 20.1 Å². The van der Waals surface area contributed by atoms with Gasteiger partial charge in [-0.25, -0.2) is 19.9 Å². The van der Waals surface area contributed by atoms with E-state index in [2.05, 4.69) is 40.6 Å². The minimum atomic E-state index is -0.0496. The second kappa shape index (κ2) is 13.2. The number of aromatic nitrogens is 6. The van der Waals surface area contributed by atoms with E-state index in [0.717, 1.165) is 38.4 Å². The Hall–Kier alpha value is -4.62. The number of ketones is 1. The van der Waals surface area contributed by atoms with Crippen molar-refractivity contribution in [3.05, 3.63) is 54.7 Å². The minimum absolute atomic E-state index is 0.0496. The Bertz CT molecular complexity index is 1470. The summed E-state index contributed by atoms with van der Waals surface area (Å²) in [5, 5.41) is 10.9. The molecule has 13 heteroatoms. The number of hydrogen-bond donors (Lipinski definition) is 2. The molecule has 41 heavy (non-hydrogen) atoms. The Morgan fingerprint density at radius 1 is 1.02 bits per heavy atom. The molecule has 4 heterocycles. The molecule has 1 fully saturated rings. The van der Waals surface area contributed by atoms with E-state index >= 15 is 0 Å². The van der Waals surface area contributed by atoms with Crippen LogP contribution in [-0.4, -0.2) is 87.0 Å².